The van der Waals surface area contributed by atoms with E-state index in [2.05, 4.69) is 20.7 Å². The van der Waals surface area contributed by atoms with Crippen LogP contribution in [-0.2, 0) is 4.79 Å². The zero-order valence-electron chi connectivity index (χ0n) is 17.9. The Bertz CT molecular complexity index is 1360. The minimum Gasteiger partial charge on any atom is -0.495 e. The van der Waals surface area contributed by atoms with Gasteiger partial charge in [-0.15, -0.1) is 5.10 Å². The van der Waals surface area contributed by atoms with Crippen LogP contribution >= 0.6 is 0 Å². The molecule has 4 aromatic rings. The molecule has 0 bridgehead atoms. The molecular weight excluding hydrogens is 425 g/mol. The topological polar surface area (TPSA) is 94.2 Å². The number of halogens is 1. The van der Waals surface area contributed by atoms with Gasteiger partial charge in [0.2, 0.25) is 11.8 Å². The summed E-state index contributed by atoms with van der Waals surface area (Å²) in [5.74, 6) is 0.795. The van der Waals surface area contributed by atoms with Crippen molar-refractivity contribution in [3.05, 3.63) is 89.6 Å². The van der Waals surface area contributed by atoms with Crippen LogP contribution in [0.1, 0.15) is 18.5 Å². The molecule has 1 aliphatic rings. The number of hydrogen-bond donors (Lipinski definition) is 2. The van der Waals surface area contributed by atoms with Crippen LogP contribution in [0, 0.1) is 5.82 Å². The monoisotopic (exact) mass is 445 g/mol. The number of furan rings is 1. The fourth-order valence-corrected chi connectivity index (χ4v) is 3.88. The summed E-state index contributed by atoms with van der Waals surface area (Å²) in [6, 6.07) is 16.0. The molecule has 0 fully saturated rings. The molecular formula is C24H20FN5O3. The summed E-state index contributed by atoms with van der Waals surface area (Å²) in [5.41, 5.74) is 1.62. The van der Waals surface area contributed by atoms with Crippen LogP contribution in [-0.4, -0.2) is 27.8 Å². The molecule has 0 aliphatic carbocycles. The first-order chi connectivity index (χ1) is 16.1. The maximum atomic E-state index is 15.0. The van der Waals surface area contributed by atoms with Crippen LogP contribution in [0.4, 0.5) is 16.0 Å². The van der Waals surface area contributed by atoms with Crippen LogP contribution < -0.4 is 15.4 Å². The highest BCUT2D eigenvalue weighted by Crippen LogP contribution is 2.38. The number of allylic oxidation sites excluding steroid dienone is 1. The maximum absolute atomic E-state index is 15.0. The molecule has 8 nitrogen and oxygen atoms in total. The van der Waals surface area contributed by atoms with E-state index in [0.29, 0.717) is 45.8 Å². The van der Waals surface area contributed by atoms with E-state index in [1.54, 1.807) is 61.5 Å². The first kappa shape index (κ1) is 20.5. The van der Waals surface area contributed by atoms with Crippen molar-refractivity contribution in [3.63, 3.8) is 0 Å². The lowest BCUT2D eigenvalue weighted by Gasteiger charge is -2.29. The van der Waals surface area contributed by atoms with Crippen molar-refractivity contribution in [1.29, 1.82) is 0 Å². The quantitative estimate of drug-likeness (QED) is 0.466. The second-order valence-electron chi connectivity index (χ2n) is 7.42. The highest BCUT2D eigenvalue weighted by molar-refractivity contribution is 6.06. The first-order valence-electron chi connectivity index (χ1n) is 10.2. The van der Waals surface area contributed by atoms with E-state index >= 15 is 0 Å². The van der Waals surface area contributed by atoms with Gasteiger partial charge in [0.25, 0.3) is 5.91 Å². The van der Waals surface area contributed by atoms with E-state index in [0.717, 1.165) is 0 Å². The van der Waals surface area contributed by atoms with E-state index in [1.165, 1.54) is 24.1 Å². The third kappa shape index (κ3) is 3.63. The Balaban J connectivity index is 1.62. The summed E-state index contributed by atoms with van der Waals surface area (Å²) in [5, 5.41) is 10.5. The molecule has 1 aliphatic heterocycles. The number of fused-ring (bicyclic) bond motifs is 1. The zero-order chi connectivity index (χ0) is 22.9. The van der Waals surface area contributed by atoms with Crippen molar-refractivity contribution in [2.24, 2.45) is 0 Å². The minimum absolute atomic E-state index is 0.292. The molecule has 9 heteroatoms. The van der Waals surface area contributed by atoms with Crippen LogP contribution in [0.3, 0.4) is 0 Å². The Labute approximate surface area is 188 Å². The van der Waals surface area contributed by atoms with E-state index in [1.807, 2.05) is 0 Å². The van der Waals surface area contributed by atoms with Crippen molar-refractivity contribution >= 4 is 17.5 Å². The molecule has 166 valence electrons. The number of aromatic nitrogens is 3. The van der Waals surface area contributed by atoms with Crippen molar-refractivity contribution in [1.82, 2.24) is 14.8 Å². The third-order valence-electron chi connectivity index (χ3n) is 5.39. The highest BCUT2D eigenvalue weighted by atomic mass is 19.1. The van der Waals surface area contributed by atoms with Gasteiger partial charge in [-0.1, -0.05) is 30.3 Å². The smallest absolute Gasteiger partial charge is 0.255 e. The Morgan fingerprint density at radius 3 is 2.70 bits per heavy atom. The van der Waals surface area contributed by atoms with E-state index < -0.39 is 17.8 Å². The maximum Gasteiger partial charge on any atom is 0.255 e. The summed E-state index contributed by atoms with van der Waals surface area (Å²) < 4.78 is 27.3. The van der Waals surface area contributed by atoms with Crippen LogP contribution in [0.2, 0.25) is 0 Å². The predicted octanol–water partition coefficient (Wildman–Crippen LogP) is 4.61. The lowest BCUT2D eigenvalue weighted by atomic mass is 9.94. The summed E-state index contributed by atoms with van der Waals surface area (Å²) in [4.78, 5) is 18.0. The summed E-state index contributed by atoms with van der Waals surface area (Å²) in [6.07, 6.45) is 1.52. The molecule has 1 amide bonds. The summed E-state index contributed by atoms with van der Waals surface area (Å²) in [6.45, 7) is 1.75. The number of nitrogens with one attached hydrogen (secondary N) is 2. The Kier molecular flexibility index (Phi) is 5.14. The van der Waals surface area contributed by atoms with Crippen LogP contribution in [0.15, 0.2) is 82.6 Å². The van der Waals surface area contributed by atoms with Gasteiger partial charge in [-0.3, -0.25) is 4.79 Å². The van der Waals surface area contributed by atoms with E-state index in [9.17, 15) is 9.18 Å². The van der Waals surface area contributed by atoms with Gasteiger partial charge in [-0.25, -0.2) is 9.07 Å². The van der Waals surface area contributed by atoms with E-state index in [-0.39, 0.29) is 0 Å². The zero-order valence-corrected chi connectivity index (χ0v) is 17.9. The molecule has 2 aromatic heterocycles. The fourth-order valence-electron chi connectivity index (χ4n) is 3.88. The Morgan fingerprint density at radius 2 is 1.94 bits per heavy atom. The number of benzene rings is 2. The van der Waals surface area contributed by atoms with Crippen molar-refractivity contribution in [2.45, 2.75) is 13.0 Å². The fraction of sp³-hybridized carbons (Fsp3) is 0.125. The van der Waals surface area contributed by atoms with Gasteiger partial charge in [-0.2, -0.15) is 4.98 Å². The van der Waals surface area contributed by atoms with Crippen LogP contribution in [0.5, 0.6) is 5.75 Å². The number of carbonyl (C=O) groups is 1. The number of methoxy groups -OCH3 is 1. The molecule has 5 rings (SSSR count). The number of rotatable bonds is 5. The Morgan fingerprint density at radius 1 is 1.15 bits per heavy atom. The molecule has 1 unspecified atom stereocenters. The van der Waals surface area contributed by atoms with Crippen molar-refractivity contribution in [3.8, 4) is 17.3 Å². The van der Waals surface area contributed by atoms with E-state index in [4.69, 9.17) is 9.15 Å². The second kappa shape index (κ2) is 8.27. The largest absolute Gasteiger partial charge is 0.495 e. The molecule has 0 spiro atoms. The van der Waals surface area contributed by atoms with Gasteiger partial charge < -0.3 is 19.8 Å². The molecule has 3 heterocycles. The Hall–Kier alpha value is -4.40. The molecule has 0 saturated carbocycles. The van der Waals surface area contributed by atoms with Gasteiger partial charge in [0.15, 0.2) is 5.76 Å². The third-order valence-corrected chi connectivity index (χ3v) is 5.39. The molecule has 1 atom stereocenters. The second-order valence-corrected chi connectivity index (χ2v) is 7.42. The van der Waals surface area contributed by atoms with Gasteiger partial charge in [0, 0.05) is 11.3 Å². The predicted molar refractivity (Wildman–Crippen MR) is 120 cm³/mol. The van der Waals surface area contributed by atoms with Gasteiger partial charge >= 0.3 is 0 Å². The van der Waals surface area contributed by atoms with Gasteiger partial charge in [0.1, 0.15) is 17.6 Å². The molecule has 0 saturated heterocycles. The SMILES string of the molecule is COc1ccccc1NC(=O)C1=C(C)Nc2nc(-c3ccco3)nn2C1c1ccccc1F. The number of anilines is 2. The normalized spacial score (nSPS) is 15.1. The summed E-state index contributed by atoms with van der Waals surface area (Å²) in [7, 11) is 1.53. The average Bonchev–Trinajstić information content (AvgIpc) is 3.49. The average molecular weight is 445 g/mol. The highest BCUT2D eigenvalue weighted by Gasteiger charge is 2.36. The molecule has 2 aromatic carbocycles. The number of amides is 1. The number of ether oxygens (including phenoxy) is 1. The minimum atomic E-state index is -0.853. The standard InChI is InChI=1S/C24H20FN5O3/c1-14-20(23(31)27-17-10-5-6-11-18(17)32-2)21(15-8-3-4-9-16(15)25)30-24(26-14)28-22(29-30)19-12-7-13-33-19/h3-13,21H,1-2H3,(H,27,31)(H,26,28,29). The van der Waals surface area contributed by atoms with Gasteiger partial charge in [-0.05, 0) is 37.3 Å². The first-order valence-corrected chi connectivity index (χ1v) is 10.2. The summed E-state index contributed by atoms with van der Waals surface area (Å²) >= 11 is 0. The molecule has 33 heavy (non-hydrogen) atoms. The number of para-hydroxylation sites is 2. The van der Waals surface area contributed by atoms with Crippen molar-refractivity contribution in [2.75, 3.05) is 17.7 Å². The number of carbonyl (C=O) groups excluding carboxylic acids is 1. The molecule has 2 N–H and O–H groups in total. The van der Waals surface area contributed by atoms with Gasteiger partial charge in [0.05, 0.1) is 24.6 Å². The number of nitrogens with zero attached hydrogens (tertiary/aromatic N) is 3. The number of hydrogen-bond acceptors (Lipinski definition) is 6. The lowest BCUT2D eigenvalue weighted by molar-refractivity contribution is -0.113. The van der Waals surface area contributed by atoms with Crippen LogP contribution in [0.25, 0.3) is 11.6 Å². The molecule has 0 radical (unpaired) electrons. The van der Waals surface area contributed by atoms with Crippen molar-refractivity contribution < 1.29 is 18.3 Å². The lowest BCUT2D eigenvalue weighted by Crippen LogP contribution is -2.32.